The van der Waals surface area contributed by atoms with Crippen LogP contribution in [-0.2, 0) is 7.05 Å². The summed E-state index contributed by atoms with van der Waals surface area (Å²) in [6.45, 7) is 2.79. The first-order valence-corrected chi connectivity index (χ1v) is 4.91. The predicted octanol–water partition coefficient (Wildman–Crippen LogP) is 1.90. The van der Waals surface area contributed by atoms with Crippen molar-refractivity contribution in [3.8, 4) is 5.88 Å². The lowest BCUT2D eigenvalue weighted by molar-refractivity contribution is 0.0774. The predicted molar refractivity (Wildman–Crippen MR) is 53.9 cm³/mol. The van der Waals surface area contributed by atoms with Crippen LogP contribution in [0.25, 0.3) is 0 Å². The van der Waals surface area contributed by atoms with Crippen LogP contribution in [0.3, 0.4) is 0 Å². The highest BCUT2D eigenvalue weighted by Crippen LogP contribution is 2.15. The SMILES string of the molecule is CC(C)C(=O)c1cc(OCC(F)F)n(C)n1. The highest BCUT2D eigenvalue weighted by molar-refractivity contribution is 5.95. The Morgan fingerprint density at radius 2 is 2.19 bits per heavy atom. The normalized spacial score (nSPS) is 11.2. The molecule has 90 valence electrons. The zero-order valence-electron chi connectivity index (χ0n) is 9.41. The van der Waals surface area contributed by atoms with Crippen LogP contribution < -0.4 is 4.74 Å². The summed E-state index contributed by atoms with van der Waals surface area (Å²) in [7, 11) is 1.54. The summed E-state index contributed by atoms with van der Waals surface area (Å²) in [4.78, 5) is 11.6. The molecule has 0 saturated carbocycles. The molecule has 1 rings (SSSR count). The van der Waals surface area contributed by atoms with Crippen molar-refractivity contribution in [1.82, 2.24) is 9.78 Å². The molecule has 0 N–H and O–H groups in total. The number of carbonyl (C=O) groups is 1. The molecule has 4 nitrogen and oxygen atoms in total. The van der Waals surface area contributed by atoms with Crippen molar-refractivity contribution in [2.75, 3.05) is 6.61 Å². The van der Waals surface area contributed by atoms with E-state index in [0.717, 1.165) is 0 Å². The van der Waals surface area contributed by atoms with E-state index in [2.05, 4.69) is 5.10 Å². The van der Waals surface area contributed by atoms with Crippen LogP contribution in [0.5, 0.6) is 5.88 Å². The van der Waals surface area contributed by atoms with Crippen LogP contribution in [0.2, 0.25) is 0 Å². The maximum atomic E-state index is 11.9. The first-order chi connectivity index (χ1) is 7.41. The molecular weight excluding hydrogens is 218 g/mol. The van der Waals surface area contributed by atoms with Gasteiger partial charge in [-0.25, -0.2) is 13.5 Å². The first-order valence-electron chi connectivity index (χ1n) is 4.91. The number of ether oxygens (including phenoxy) is 1. The molecule has 0 unspecified atom stereocenters. The Kier molecular flexibility index (Phi) is 3.98. The quantitative estimate of drug-likeness (QED) is 0.728. The first kappa shape index (κ1) is 12.6. The van der Waals surface area contributed by atoms with E-state index in [1.807, 2.05) is 0 Å². The van der Waals surface area contributed by atoms with Crippen LogP contribution in [-0.4, -0.2) is 28.6 Å². The van der Waals surface area contributed by atoms with Gasteiger partial charge in [-0.05, 0) is 0 Å². The smallest absolute Gasteiger partial charge is 0.272 e. The Hall–Kier alpha value is -1.46. The van der Waals surface area contributed by atoms with E-state index < -0.39 is 13.0 Å². The van der Waals surface area contributed by atoms with E-state index in [9.17, 15) is 13.6 Å². The molecule has 1 aromatic heterocycles. The fraction of sp³-hybridized carbons (Fsp3) is 0.600. The molecule has 0 radical (unpaired) electrons. The van der Waals surface area contributed by atoms with Crippen molar-refractivity contribution < 1.29 is 18.3 Å². The topological polar surface area (TPSA) is 44.1 Å². The lowest BCUT2D eigenvalue weighted by Crippen LogP contribution is -2.09. The van der Waals surface area contributed by atoms with Gasteiger partial charge >= 0.3 is 0 Å². The number of alkyl halides is 2. The molecule has 0 aromatic carbocycles. The van der Waals surface area contributed by atoms with E-state index in [1.54, 1.807) is 13.8 Å². The van der Waals surface area contributed by atoms with Crippen LogP contribution in [0.15, 0.2) is 6.07 Å². The Morgan fingerprint density at radius 1 is 1.56 bits per heavy atom. The molecule has 0 spiro atoms. The average Bonchev–Trinajstić information content (AvgIpc) is 2.55. The molecule has 0 bridgehead atoms. The molecule has 0 aliphatic heterocycles. The van der Waals surface area contributed by atoms with E-state index >= 15 is 0 Å². The van der Waals surface area contributed by atoms with Crippen molar-refractivity contribution in [3.63, 3.8) is 0 Å². The average molecular weight is 232 g/mol. The summed E-state index contributed by atoms with van der Waals surface area (Å²) >= 11 is 0. The highest BCUT2D eigenvalue weighted by Gasteiger charge is 2.17. The molecule has 0 fully saturated rings. The van der Waals surface area contributed by atoms with Gasteiger partial charge in [0, 0.05) is 19.0 Å². The molecule has 0 aliphatic rings. The third kappa shape index (κ3) is 3.01. The molecule has 1 aromatic rings. The number of halogens is 2. The zero-order valence-corrected chi connectivity index (χ0v) is 9.41. The number of aromatic nitrogens is 2. The van der Waals surface area contributed by atoms with Crippen LogP contribution in [0.4, 0.5) is 8.78 Å². The number of ketones is 1. The number of hydrogen-bond acceptors (Lipinski definition) is 3. The van der Waals surface area contributed by atoms with Crippen molar-refractivity contribution in [1.29, 1.82) is 0 Å². The summed E-state index contributed by atoms with van der Waals surface area (Å²) in [6, 6.07) is 1.38. The summed E-state index contributed by atoms with van der Waals surface area (Å²) in [6.07, 6.45) is -2.54. The summed E-state index contributed by atoms with van der Waals surface area (Å²) < 4.78 is 29.9. The van der Waals surface area contributed by atoms with Crippen molar-refractivity contribution >= 4 is 5.78 Å². The van der Waals surface area contributed by atoms with Crippen LogP contribution in [0.1, 0.15) is 24.3 Å². The lowest BCUT2D eigenvalue weighted by atomic mass is 10.1. The van der Waals surface area contributed by atoms with Gasteiger partial charge in [0.25, 0.3) is 6.43 Å². The van der Waals surface area contributed by atoms with Gasteiger partial charge in [0.2, 0.25) is 5.88 Å². The molecule has 0 saturated heterocycles. The van der Waals surface area contributed by atoms with Gasteiger partial charge in [0.1, 0.15) is 5.69 Å². The third-order valence-corrected chi connectivity index (χ3v) is 1.97. The van der Waals surface area contributed by atoms with Crippen molar-refractivity contribution in [2.24, 2.45) is 13.0 Å². The molecule has 0 aliphatic carbocycles. The Balaban J connectivity index is 2.77. The van der Waals surface area contributed by atoms with Crippen LogP contribution in [0, 0.1) is 5.92 Å². The van der Waals surface area contributed by atoms with Gasteiger partial charge in [-0.1, -0.05) is 13.8 Å². The zero-order chi connectivity index (χ0) is 12.3. The maximum absolute atomic E-state index is 11.9. The second kappa shape index (κ2) is 5.05. The minimum Gasteiger partial charge on any atom is -0.472 e. The second-order valence-electron chi connectivity index (χ2n) is 3.71. The summed E-state index contributed by atoms with van der Waals surface area (Å²) in [5.74, 6) is -0.148. The highest BCUT2D eigenvalue weighted by atomic mass is 19.3. The van der Waals surface area contributed by atoms with E-state index in [0.29, 0.717) is 0 Å². The van der Waals surface area contributed by atoms with Gasteiger partial charge in [-0.3, -0.25) is 4.79 Å². The number of rotatable bonds is 5. The van der Waals surface area contributed by atoms with Gasteiger partial charge in [0.15, 0.2) is 12.4 Å². The van der Waals surface area contributed by atoms with Crippen molar-refractivity contribution in [3.05, 3.63) is 11.8 Å². The number of nitrogens with zero attached hydrogens (tertiary/aromatic N) is 2. The minimum atomic E-state index is -2.54. The molecule has 0 atom stereocenters. The fourth-order valence-corrected chi connectivity index (χ4v) is 1.15. The van der Waals surface area contributed by atoms with E-state index in [-0.39, 0.29) is 23.3 Å². The molecule has 6 heteroatoms. The van der Waals surface area contributed by atoms with Gasteiger partial charge in [-0.2, -0.15) is 5.10 Å². The lowest BCUT2D eigenvalue weighted by Gasteiger charge is -2.03. The molecule has 16 heavy (non-hydrogen) atoms. The summed E-state index contributed by atoms with van der Waals surface area (Å²) in [5.41, 5.74) is 0.238. The van der Waals surface area contributed by atoms with E-state index in [1.165, 1.54) is 17.8 Å². The Bertz CT molecular complexity index is 375. The largest absolute Gasteiger partial charge is 0.472 e. The van der Waals surface area contributed by atoms with Crippen LogP contribution >= 0.6 is 0 Å². The number of carbonyl (C=O) groups excluding carboxylic acids is 1. The third-order valence-electron chi connectivity index (χ3n) is 1.97. The van der Waals surface area contributed by atoms with Gasteiger partial charge < -0.3 is 4.74 Å². The maximum Gasteiger partial charge on any atom is 0.272 e. The number of Topliss-reactive ketones (excluding diaryl/α,β-unsaturated/α-hetero) is 1. The van der Waals surface area contributed by atoms with E-state index in [4.69, 9.17) is 4.74 Å². The molecule has 1 heterocycles. The Morgan fingerprint density at radius 3 is 2.69 bits per heavy atom. The fourth-order valence-electron chi connectivity index (χ4n) is 1.15. The second-order valence-corrected chi connectivity index (χ2v) is 3.71. The summed E-state index contributed by atoms with van der Waals surface area (Å²) in [5, 5.41) is 3.91. The van der Waals surface area contributed by atoms with Gasteiger partial charge in [-0.15, -0.1) is 0 Å². The Labute approximate surface area is 92.2 Å². The van der Waals surface area contributed by atoms with Gasteiger partial charge in [0.05, 0.1) is 0 Å². The molecular formula is C10H14F2N2O2. The monoisotopic (exact) mass is 232 g/mol. The number of hydrogen-bond donors (Lipinski definition) is 0. The number of aryl methyl sites for hydroxylation is 1. The van der Waals surface area contributed by atoms with Crippen molar-refractivity contribution in [2.45, 2.75) is 20.3 Å². The molecule has 0 amide bonds. The minimum absolute atomic E-state index is 0.137. The standard InChI is InChI=1S/C10H14F2N2O2/c1-6(2)10(15)7-4-9(14(3)13-7)16-5-8(11)12/h4,6,8H,5H2,1-3H3.